The predicted octanol–water partition coefficient (Wildman–Crippen LogP) is 3.25. The quantitative estimate of drug-likeness (QED) is 0.741. The normalized spacial score (nSPS) is 13.8. The summed E-state index contributed by atoms with van der Waals surface area (Å²) in [6.07, 6.45) is 1.79. The van der Waals surface area contributed by atoms with Crippen LogP contribution >= 0.6 is 23.4 Å². The molecule has 2 aromatic heterocycles. The van der Waals surface area contributed by atoms with Gasteiger partial charge in [0.1, 0.15) is 5.15 Å². The highest BCUT2D eigenvalue weighted by atomic mass is 35.5. The highest BCUT2D eigenvalue weighted by Crippen LogP contribution is 2.33. The summed E-state index contributed by atoms with van der Waals surface area (Å²) in [5.74, 6) is 2.51. The van der Waals surface area contributed by atoms with Gasteiger partial charge >= 0.3 is 0 Å². The number of hydrogen-bond acceptors (Lipinski definition) is 4. The number of nitrogens with zero attached hydrogens (tertiary/aromatic N) is 3. The maximum absolute atomic E-state index is 6.17. The molecule has 0 bridgehead atoms. The van der Waals surface area contributed by atoms with Crippen molar-refractivity contribution in [2.24, 2.45) is 0 Å². The Labute approximate surface area is 109 Å². The second-order valence-electron chi connectivity index (χ2n) is 3.94. The first kappa shape index (κ1) is 11.0. The van der Waals surface area contributed by atoms with Crippen LogP contribution in [0.15, 0.2) is 18.3 Å². The third-order valence-electron chi connectivity index (χ3n) is 2.70. The number of hydrogen-bond donors (Lipinski definition) is 0. The van der Waals surface area contributed by atoms with Crippen molar-refractivity contribution in [2.45, 2.75) is 18.4 Å². The minimum absolute atomic E-state index is 0.579. The zero-order chi connectivity index (χ0) is 11.8. The summed E-state index contributed by atoms with van der Waals surface area (Å²) in [5.41, 5.74) is 4.04. The van der Waals surface area contributed by atoms with E-state index >= 15 is 0 Å². The van der Waals surface area contributed by atoms with Crippen molar-refractivity contribution in [3.63, 3.8) is 0 Å². The van der Waals surface area contributed by atoms with Crippen LogP contribution in [0, 0.1) is 6.92 Å². The first-order valence-corrected chi connectivity index (χ1v) is 6.83. The minimum atomic E-state index is 0.579. The molecular formula is C12H10ClN3S. The number of thioether (sulfide) groups is 1. The van der Waals surface area contributed by atoms with Crippen molar-refractivity contribution in [1.29, 1.82) is 0 Å². The Kier molecular flexibility index (Phi) is 2.76. The molecule has 0 saturated carbocycles. The lowest BCUT2D eigenvalue weighted by atomic mass is 10.2. The fourth-order valence-electron chi connectivity index (χ4n) is 1.74. The van der Waals surface area contributed by atoms with Crippen LogP contribution in [0.5, 0.6) is 0 Å². The number of aromatic nitrogens is 3. The zero-order valence-electron chi connectivity index (χ0n) is 9.27. The number of pyridine rings is 1. The van der Waals surface area contributed by atoms with Gasteiger partial charge in [0.25, 0.3) is 0 Å². The Bertz CT molecular complexity index is 569. The fraction of sp³-hybridized carbons (Fsp3) is 0.250. The maximum Gasteiger partial charge on any atom is 0.162 e. The van der Waals surface area contributed by atoms with Gasteiger partial charge < -0.3 is 0 Å². The molecule has 5 heteroatoms. The molecule has 0 radical (unpaired) electrons. The van der Waals surface area contributed by atoms with Crippen molar-refractivity contribution in [3.8, 4) is 11.4 Å². The van der Waals surface area contributed by atoms with Gasteiger partial charge in [0, 0.05) is 34.5 Å². The van der Waals surface area contributed by atoms with Crippen molar-refractivity contribution in [1.82, 2.24) is 15.0 Å². The topological polar surface area (TPSA) is 38.7 Å². The number of rotatable bonds is 1. The third-order valence-corrected chi connectivity index (χ3v) is 3.98. The molecule has 0 atom stereocenters. The molecule has 0 amide bonds. The lowest BCUT2D eigenvalue weighted by molar-refractivity contribution is 1.07. The molecule has 1 aliphatic rings. The van der Waals surface area contributed by atoms with E-state index in [9.17, 15) is 0 Å². The Morgan fingerprint density at radius 3 is 2.88 bits per heavy atom. The van der Waals surface area contributed by atoms with Gasteiger partial charge in [0.2, 0.25) is 0 Å². The molecule has 17 heavy (non-hydrogen) atoms. The molecule has 86 valence electrons. The fourth-order valence-corrected chi connectivity index (χ4v) is 3.12. The lowest BCUT2D eigenvalue weighted by Gasteiger charge is -2.05. The van der Waals surface area contributed by atoms with Crippen molar-refractivity contribution in [2.75, 3.05) is 0 Å². The second kappa shape index (κ2) is 4.27. The van der Waals surface area contributed by atoms with E-state index in [-0.39, 0.29) is 0 Å². The highest BCUT2D eigenvalue weighted by Gasteiger charge is 2.19. The van der Waals surface area contributed by atoms with Crippen LogP contribution in [0.3, 0.4) is 0 Å². The molecule has 0 aromatic carbocycles. The van der Waals surface area contributed by atoms with Crippen molar-refractivity contribution in [3.05, 3.63) is 40.4 Å². The first-order chi connectivity index (χ1) is 8.24. The van der Waals surface area contributed by atoms with Gasteiger partial charge in [0.05, 0.1) is 5.69 Å². The van der Waals surface area contributed by atoms with Crippen molar-refractivity contribution >= 4 is 23.4 Å². The van der Waals surface area contributed by atoms with Gasteiger partial charge in [0.15, 0.2) is 5.82 Å². The van der Waals surface area contributed by atoms with E-state index in [0.29, 0.717) is 11.0 Å². The molecule has 0 fully saturated rings. The average Bonchev–Trinajstić information content (AvgIpc) is 2.78. The Morgan fingerprint density at radius 1 is 1.24 bits per heavy atom. The van der Waals surface area contributed by atoms with E-state index in [0.717, 1.165) is 34.0 Å². The first-order valence-electron chi connectivity index (χ1n) is 5.30. The van der Waals surface area contributed by atoms with Crippen LogP contribution in [-0.2, 0) is 11.5 Å². The summed E-state index contributed by atoms with van der Waals surface area (Å²) in [6, 6.07) is 3.93. The van der Waals surface area contributed by atoms with Crippen LogP contribution in [0.1, 0.15) is 17.0 Å². The molecular weight excluding hydrogens is 254 g/mol. The Balaban J connectivity index is 2.10. The molecule has 2 aromatic rings. The molecule has 0 aliphatic carbocycles. The number of aryl methyl sites for hydroxylation is 1. The van der Waals surface area contributed by atoms with Crippen LogP contribution < -0.4 is 0 Å². The van der Waals surface area contributed by atoms with Crippen LogP contribution in [0.2, 0.25) is 5.15 Å². The molecule has 3 nitrogen and oxygen atoms in total. The predicted molar refractivity (Wildman–Crippen MR) is 70.0 cm³/mol. The summed E-state index contributed by atoms with van der Waals surface area (Å²) in [7, 11) is 0. The molecule has 1 aliphatic heterocycles. The summed E-state index contributed by atoms with van der Waals surface area (Å²) in [4.78, 5) is 13.2. The van der Waals surface area contributed by atoms with Gasteiger partial charge in [-0.05, 0) is 19.1 Å². The Hall–Kier alpha value is -1.13. The van der Waals surface area contributed by atoms with Crippen LogP contribution in [0.25, 0.3) is 11.4 Å². The summed E-state index contributed by atoms with van der Waals surface area (Å²) in [6.45, 7) is 1.96. The molecule has 0 unspecified atom stereocenters. The molecule has 0 N–H and O–H groups in total. The van der Waals surface area contributed by atoms with Gasteiger partial charge in [-0.15, -0.1) is 0 Å². The second-order valence-corrected chi connectivity index (χ2v) is 5.29. The third kappa shape index (κ3) is 2.03. The van der Waals surface area contributed by atoms with E-state index in [2.05, 4.69) is 15.0 Å². The SMILES string of the molecule is Cc1ccc(-c2nc(Cl)c3c(n2)CSC3)cn1. The van der Waals surface area contributed by atoms with E-state index in [1.165, 1.54) is 0 Å². The number of halogens is 1. The van der Waals surface area contributed by atoms with Gasteiger partial charge in [-0.1, -0.05) is 11.6 Å². The number of fused-ring (bicyclic) bond motifs is 1. The summed E-state index contributed by atoms with van der Waals surface area (Å²) in [5, 5.41) is 0.579. The average molecular weight is 264 g/mol. The largest absolute Gasteiger partial charge is 0.261 e. The van der Waals surface area contributed by atoms with Gasteiger partial charge in [-0.25, -0.2) is 9.97 Å². The summed E-state index contributed by atoms with van der Waals surface area (Å²) < 4.78 is 0. The van der Waals surface area contributed by atoms with Crippen molar-refractivity contribution < 1.29 is 0 Å². The zero-order valence-corrected chi connectivity index (χ0v) is 10.8. The van der Waals surface area contributed by atoms with Crippen LogP contribution in [-0.4, -0.2) is 15.0 Å². The van der Waals surface area contributed by atoms with E-state index < -0.39 is 0 Å². The lowest BCUT2D eigenvalue weighted by Crippen LogP contribution is -1.97. The molecule has 0 saturated heterocycles. The van der Waals surface area contributed by atoms with Crippen LogP contribution in [0.4, 0.5) is 0 Å². The molecule has 3 heterocycles. The Morgan fingerprint density at radius 2 is 2.12 bits per heavy atom. The van der Waals surface area contributed by atoms with E-state index in [1.54, 1.807) is 6.20 Å². The van der Waals surface area contributed by atoms with E-state index in [4.69, 9.17) is 11.6 Å². The molecule has 3 rings (SSSR count). The monoisotopic (exact) mass is 263 g/mol. The smallest absolute Gasteiger partial charge is 0.162 e. The van der Waals surface area contributed by atoms with Gasteiger partial charge in [-0.2, -0.15) is 11.8 Å². The van der Waals surface area contributed by atoms with Gasteiger partial charge in [-0.3, -0.25) is 4.98 Å². The van der Waals surface area contributed by atoms with E-state index in [1.807, 2.05) is 30.8 Å². The highest BCUT2D eigenvalue weighted by molar-refractivity contribution is 7.98. The maximum atomic E-state index is 6.17. The minimum Gasteiger partial charge on any atom is -0.261 e. The standard InChI is InChI=1S/C12H10ClN3S/c1-7-2-3-8(4-14-7)12-15-10-6-17-5-9(10)11(13)16-12/h2-4H,5-6H2,1H3. The summed E-state index contributed by atoms with van der Waals surface area (Å²) >= 11 is 7.99. The molecule has 0 spiro atoms.